The van der Waals surface area contributed by atoms with Crippen molar-refractivity contribution in [3.8, 4) is 0 Å². The second-order valence-electron chi connectivity index (χ2n) is 2.60. The summed E-state index contributed by atoms with van der Waals surface area (Å²) in [5, 5.41) is 0. The van der Waals surface area contributed by atoms with E-state index in [1.165, 1.54) is 12.3 Å². The molecule has 0 aliphatic carbocycles. The summed E-state index contributed by atoms with van der Waals surface area (Å²) in [7, 11) is 2.80. The minimum absolute atomic E-state index is 0.316. The lowest BCUT2D eigenvalue weighted by Gasteiger charge is -2.01. The lowest BCUT2D eigenvalue weighted by atomic mass is 10.2. The Balaban J connectivity index is 2.65. The highest BCUT2D eigenvalue weighted by Crippen LogP contribution is 2.03. The van der Waals surface area contributed by atoms with Crippen LogP contribution in [0.3, 0.4) is 0 Å². The van der Waals surface area contributed by atoms with Gasteiger partial charge in [0.2, 0.25) is 0 Å². The summed E-state index contributed by atoms with van der Waals surface area (Å²) in [4.78, 5) is 11.4. The van der Waals surface area contributed by atoms with Gasteiger partial charge in [-0.15, -0.1) is 0 Å². The van der Waals surface area contributed by atoms with Crippen LogP contribution in [0.1, 0.15) is 10.4 Å². The third kappa shape index (κ3) is 3.44. The van der Waals surface area contributed by atoms with Crippen molar-refractivity contribution in [3.05, 3.63) is 60.6 Å². The minimum atomic E-state index is -0.446. The molecule has 75 valence electrons. The maximum Gasteiger partial charge on any atom is 0.343 e. The van der Waals surface area contributed by atoms with E-state index in [-0.39, 0.29) is 0 Å². The molecule has 3 nitrogen and oxygen atoms in total. The summed E-state index contributed by atoms with van der Waals surface area (Å²) in [6.07, 6.45) is 2.58. The van der Waals surface area contributed by atoms with Crippen LogP contribution in [0.5, 0.6) is 0 Å². The molecule has 3 radical (unpaired) electrons. The van der Waals surface area contributed by atoms with Gasteiger partial charge in [-0.25, -0.2) is 4.79 Å². The number of ether oxygens (including phenoxy) is 1. The first-order chi connectivity index (χ1) is 7.27. The van der Waals surface area contributed by atoms with Crippen molar-refractivity contribution in [3.63, 3.8) is 0 Å². The number of hydrogen-bond donors (Lipinski definition) is 0. The first kappa shape index (κ1) is 11.3. The summed E-state index contributed by atoms with van der Waals surface area (Å²) in [6.45, 7) is 3.47. The van der Waals surface area contributed by atoms with Gasteiger partial charge in [0.05, 0.1) is 5.56 Å². The molecule has 0 aliphatic heterocycles. The number of allylic oxidation sites excluding steroid dienone is 1. The van der Waals surface area contributed by atoms with Gasteiger partial charge in [0.15, 0.2) is 0 Å². The van der Waals surface area contributed by atoms with E-state index in [2.05, 4.69) is 21.5 Å². The van der Waals surface area contributed by atoms with Crippen LogP contribution in [-0.2, 0) is 9.16 Å². The molecule has 0 aliphatic rings. The molecule has 1 aromatic rings. The lowest BCUT2D eigenvalue weighted by Crippen LogP contribution is -2.00. The van der Waals surface area contributed by atoms with Crippen LogP contribution in [0, 0.1) is 0 Å². The Morgan fingerprint density at radius 1 is 1.33 bits per heavy atom. The van der Waals surface area contributed by atoms with Crippen LogP contribution in [0.15, 0.2) is 55.0 Å². The van der Waals surface area contributed by atoms with Gasteiger partial charge in [-0.2, -0.15) is 0 Å². The van der Waals surface area contributed by atoms with Crippen LogP contribution in [0.2, 0.25) is 0 Å². The van der Waals surface area contributed by atoms with Gasteiger partial charge in [0.25, 0.3) is 0 Å². The molecule has 0 unspecified atom stereocenters. The van der Waals surface area contributed by atoms with Gasteiger partial charge in [-0.3, -0.25) is 0 Å². The largest absolute Gasteiger partial charge is 0.538 e. The van der Waals surface area contributed by atoms with Crippen molar-refractivity contribution in [2.24, 2.45) is 0 Å². The van der Waals surface area contributed by atoms with Crippen LogP contribution in [0.4, 0.5) is 0 Å². The average molecular weight is 217 g/mol. The molecular weight excluding hydrogens is 208 g/mol. The normalized spacial score (nSPS) is 10.6. The molecule has 0 N–H and O–H groups in total. The third-order valence-corrected chi connectivity index (χ3v) is 1.85. The maximum atomic E-state index is 11.4. The predicted molar refractivity (Wildman–Crippen MR) is 57.0 cm³/mol. The smallest absolute Gasteiger partial charge is 0.343 e. The molecule has 1 rings (SSSR count). The van der Waals surface area contributed by atoms with Gasteiger partial charge in [0.1, 0.15) is 12.0 Å². The Hall–Kier alpha value is -1.81. The molecule has 0 spiro atoms. The van der Waals surface area contributed by atoms with E-state index >= 15 is 0 Å². The van der Waals surface area contributed by atoms with Crippen molar-refractivity contribution in [2.45, 2.75) is 0 Å². The summed E-state index contributed by atoms with van der Waals surface area (Å²) in [5.74, 6) is -0.130. The fourth-order valence-electron chi connectivity index (χ4n) is 0.868. The summed E-state index contributed by atoms with van der Waals surface area (Å²) < 4.78 is 9.50. The molecule has 0 saturated carbocycles. The monoisotopic (exact) mass is 217 g/mol. The maximum absolute atomic E-state index is 11.4. The highest BCUT2D eigenvalue weighted by Gasteiger charge is 2.04. The molecule has 0 aromatic heterocycles. The number of esters is 1. The second-order valence-corrected chi connectivity index (χ2v) is 2.80. The van der Waals surface area contributed by atoms with Gasteiger partial charge in [-0.05, 0) is 18.2 Å². The zero-order chi connectivity index (χ0) is 11.1. The predicted octanol–water partition coefficient (Wildman–Crippen LogP) is 1.97. The van der Waals surface area contributed by atoms with Crippen LogP contribution in [-0.4, -0.2) is 16.5 Å². The number of carbonyl (C=O) groups excluding carboxylic acids is 1. The lowest BCUT2D eigenvalue weighted by molar-refractivity contribution is 0.0655. The number of benzene rings is 1. The Kier molecular flexibility index (Phi) is 4.37. The summed E-state index contributed by atoms with van der Waals surface area (Å²) in [6, 6.07) is 8.67. The zero-order valence-electron chi connectivity index (χ0n) is 7.97. The Morgan fingerprint density at radius 2 is 2.00 bits per heavy atom. The van der Waals surface area contributed by atoms with E-state index in [4.69, 9.17) is 4.74 Å². The van der Waals surface area contributed by atoms with Crippen molar-refractivity contribution in [2.75, 3.05) is 0 Å². The molecular formula is C11H9O3Si. The zero-order valence-corrected chi connectivity index (χ0v) is 8.97. The topological polar surface area (TPSA) is 35.5 Å². The molecule has 0 atom stereocenters. The van der Waals surface area contributed by atoms with Gasteiger partial charge in [0, 0.05) is 0 Å². The van der Waals surface area contributed by atoms with Crippen molar-refractivity contribution in [1.29, 1.82) is 0 Å². The molecule has 15 heavy (non-hydrogen) atoms. The highest BCUT2D eigenvalue weighted by atomic mass is 28.2. The van der Waals surface area contributed by atoms with E-state index in [9.17, 15) is 4.79 Å². The number of carbonyl (C=O) groups is 1. The van der Waals surface area contributed by atoms with Gasteiger partial charge in [-0.1, -0.05) is 24.8 Å². The molecule has 0 amide bonds. The Bertz CT molecular complexity index is 371. The first-order valence-electron chi connectivity index (χ1n) is 4.20. The van der Waals surface area contributed by atoms with E-state index in [1.54, 1.807) is 24.3 Å². The van der Waals surface area contributed by atoms with Crippen molar-refractivity contribution < 1.29 is 14.0 Å². The second kappa shape index (κ2) is 5.82. The molecule has 0 fully saturated rings. The summed E-state index contributed by atoms with van der Waals surface area (Å²) >= 11 is 0. The van der Waals surface area contributed by atoms with Crippen LogP contribution < -0.4 is 0 Å². The number of hydrogen-bond acceptors (Lipinski definition) is 3. The molecule has 0 heterocycles. The Morgan fingerprint density at radius 3 is 2.53 bits per heavy atom. The standard InChI is InChI=1S/C11H9O3Si/c1-2-10(14-15)8-13-11(12)9-6-4-3-5-7-9/h2-8H,1H2/b10-8+. The van der Waals surface area contributed by atoms with Crippen LogP contribution >= 0.6 is 0 Å². The van der Waals surface area contributed by atoms with E-state index < -0.39 is 5.97 Å². The van der Waals surface area contributed by atoms with Crippen LogP contribution in [0.25, 0.3) is 0 Å². The SMILES string of the molecule is C=C/C(=C\OC(=O)c1ccccc1)O[Si]. The highest BCUT2D eigenvalue weighted by molar-refractivity contribution is 5.99. The number of rotatable bonds is 4. The molecule has 0 saturated heterocycles. The summed E-state index contributed by atoms with van der Waals surface area (Å²) in [5.41, 5.74) is 0.478. The molecule has 1 aromatic carbocycles. The van der Waals surface area contributed by atoms with Gasteiger partial charge < -0.3 is 9.16 Å². The van der Waals surface area contributed by atoms with E-state index in [1.807, 2.05) is 6.07 Å². The minimum Gasteiger partial charge on any atom is -0.538 e. The van der Waals surface area contributed by atoms with Gasteiger partial charge >= 0.3 is 16.5 Å². The van der Waals surface area contributed by atoms with Crippen molar-refractivity contribution >= 4 is 16.5 Å². The van der Waals surface area contributed by atoms with E-state index in [0.717, 1.165) is 0 Å². The molecule has 0 bridgehead atoms. The molecule has 4 heteroatoms. The van der Waals surface area contributed by atoms with E-state index in [0.29, 0.717) is 11.3 Å². The fourth-order valence-corrected chi connectivity index (χ4v) is 0.999. The fraction of sp³-hybridized carbons (Fsp3) is 0. The third-order valence-electron chi connectivity index (χ3n) is 1.61. The first-order valence-corrected chi connectivity index (χ1v) is 4.61. The quantitative estimate of drug-likeness (QED) is 0.335. The van der Waals surface area contributed by atoms with Crippen molar-refractivity contribution in [1.82, 2.24) is 0 Å². The Labute approximate surface area is 91.6 Å². The average Bonchev–Trinajstić information content (AvgIpc) is 2.31.